The number of nitrogen functional groups attached to an aromatic ring is 1. The van der Waals surface area contributed by atoms with E-state index in [-0.39, 0.29) is 18.6 Å². The van der Waals surface area contributed by atoms with E-state index in [0.717, 1.165) is 18.4 Å². The Morgan fingerprint density at radius 3 is 2.83 bits per heavy atom. The fourth-order valence-corrected chi connectivity index (χ4v) is 2.23. The molecule has 0 bridgehead atoms. The molecule has 0 aliphatic heterocycles. The summed E-state index contributed by atoms with van der Waals surface area (Å²) in [5.41, 5.74) is 8.15. The van der Waals surface area contributed by atoms with E-state index in [2.05, 4.69) is 5.32 Å². The van der Waals surface area contributed by atoms with E-state index in [0.29, 0.717) is 11.4 Å². The van der Waals surface area contributed by atoms with Gasteiger partial charge in [-0.1, -0.05) is 18.9 Å². The predicted molar refractivity (Wildman–Crippen MR) is 72.4 cm³/mol. The van der Waals surface area contributed by atoms with E-state index < -0.39 is 0 Å². The summed E-state index contributed by atoms with van der Waals surface area (Å²) < 4.78 is 5.55. The van der Waals surface area contributed by atoms with Gasteiger partial charge in [-0.2, -0.15) is 0 Å². The van der Waals surface area contributed by atoms with E-state index in [1.165, 1.54) is 12.8 Å². The molecule has 1 saturated carbocycles. The topological polar surface area (TPSA) is 64.3 Å². The molecular weight excluding hydrogens is 228 g/mol. The number of aryl methyl sites for hydroxylation is 1. The first kappa shape index (κ1) is 12.9. The molecule has 98 valence electrons. The van der Waals surface area contributed by atoms with Gasteiger partial charge in [0.25, 0.3) is 0 Å². The number of ether oxygens (including phenoxy) is 1. The second-order valence-corrected chi connectivity index (χ2v) is 4.86. The summed E-state index contributed by atoms with van der Waals surface area (Å²) in [5.74, 6) is -0.141. The standard InChI is InChI=1S/C14H20N2O2/c1-10-6-7-13(12(15)8-10)16-14(17)9-18-11-4-2-3-5-11/h6-8,11H,2-5,9,15H2,1H3,(H,16,17). The highest BCUT2D eigenvalue weighted by Crippen LogP contribution is 2.21. The maximum atomic E-state index is 11.7. The largest absolute Gasteiger partial charge is 0.397 e. The van der Waals surface area contributed by atoms with Crippen LogP contribution in [0.15, 0.2) is 18.2 Å². The van der Waals surface area contributed by atoms with Crippen LogP contribution < -0.4 is 11.1 Å². The zero-order chi connectivity index (χ0) is 13.0. The predicted octanol–water partition coefficient (Wildman–Crippen LogP) is 2.47. The lowest BCUT2D eigenvalue weighted by molar-refractivity contribution is -0.122. The molecule has 0 spiro atoms. The third-order valence-electron chi connectivity index (χ3n) is 3.23. The second kappa shape index (κ2) is 5.87. The summed E-state index contributed by atoms with van der Waals surface area (Å²) in [6, 6.07) is 5.58. The van der Waals surface area contributed by atoms with E-state index in [4.69, 9.17) is 10.5 Å². The summed E-state index contributed by atoms with van der Waals surface area (Å²) >= 11 is 0. The van der Waals surface area contributed by atoms with Crippen molar-refractivity contribution in [3.8, 4) is 0 Å². The summed E-state index contributed by atoms with van der Waals surface area (Å²) in [5, 5.41) is 2.77. The monoisotopic (exact) mass is 248 g/mol. The summed E-state index contributed by atoms with van der Waals surface area (Å²) in [6.07, 6.45) is 4.81. The average molecular weight is 248 g/mol. The molecule has 1 aliphatic carbocycles. The minimum atomic E-state index is -0.141. The number of nitrogens with one attached hydrogen (secondary N) is 1. The van der Waals surface area contributed by atoms with Gasteiger partial charge < -0.3 is 15.8 Å². The fraction of sp³-hybridized carbons (Fsp3) is 0.500. The zero-order valence-electron chi connectivity index (χ0n) is 10.7. The van der Waals surface area contributed by atoms with Crippen molar-refractivity contribution in [1.82, 2.24) is 0 Å². The van der Waals surface area contributed by atoms with Gasteiger partial charge in [0.1, 0.15) is 6.61 Å². The average Bonchev–Trinajstić information content (AvgIpc) is 2.83. The maximum Gasteiger partial charge on any atom is 0.250 e. The van der Waals surface area contributed by atoms with Crippen LogP contribution in [-0.2, 0) is 9.53 Å². The van der Waals surface area contributed by atoms with Crippen molar-refractivity contribution in [2.24, 2.45) is 0 Å². The number of carbonyl (C=O) groups is 1. The molecule has 4 nitrogen and oxygen atoms in total. The number of hydrogen-bond donors (Lipinski definition) is 2. The minimum Gasteiger partial charge on any atom is -0.397 e. The van der Waals surface area contributed by atoms with Crippen LogP contribution in [0.4, 0.5) is 11.4 Å². The SMILES string of the molecule is Cc1ccc(NC(=O)COC2CCCC2)c(N)c1. The molecule has 0 atom stereocenters. The van der Waals surface area contributed by atoms with Gasteiger partial charge in [0, 0.05) is 0 Å². The number of hydrogen-bond acceptors (Lipinski definition) is 3. The quantitative estimate of drug-likeness (QED) is 0.804. The van der Waals surface area contributed by atoms with Crippen LogP contribution in [0.3, 0.4) is 0 Å². The van der Waals surface area contributed by atoms with E-state index >= 15 is 0 Å². The second-order valence-electron chi connectivity index (χ2n) is 4.86. The van der Waals surface area contributed by atoms with Gasteiger partial charge in [0.05, 0.1) is 17.5 Å². The molecular formula is C14H20N2O2. The molecule has 1 fully saturated rings. The van der Waals surface area contributed by atoms with Gasteiger partial charge in [-0.3, -0.25) is 4.79 Å². The van der Waals surface area contributed by atoms with Crippen molar-refractivity contribution < 1.29 is 9.53 Å². The fourth-order valence-electron chi connectivity index (χ4n) is 2.23. The van der Waals surface area contributed by atoms with E-state index in [9.17, 15) is 4.79 Å². The molecule has 0 unspecified atom stereocenters. The molecule has 3 N–H and O–H groups in total. The van der Waals surface area contributed by atoms with Crippen LogP contribution in [-0.4, -0.2) is 18.6 Å². The lowest BCUT2D eigenvalue weighted by atomic mass is 10.2. The van der Waals surface area contributed by atoms with E-state index in [1.54, 1.807) is 0 Å². The molecule has 1 amide bonds. The van der Waals surface area contributed by atoms with Crippen LogP contribution in [0.25, 0.3) is 0 Å². The van der Waals surface area contributed by atoms with Crippen LogP contribution >= 0.6 is 0 Å². The van der Waals surface area contributed by atoms with E-state index in [1.807, 2.05) is 25.1 Å². The van der Waals surface area contributed by atoms with Crippen molar-refractivity contribution in [3.05, 3.63) is 23.8 Å². The maximum absolute atomic E-state index is 11.7. The third kappa shape index (κ3) is 3.47. The van der Waals surface area contributed by atoms with Gasteiger partial charge in [-0.25, -0.2) is 0 Å². The Hall–Kier alpha value is -1.55. The summed E-state index contributed by atoms with van der Waals surface area (Å²) in [7, 11) is 0. The van der Waals surface area contributed by atoms with Crippen molar-refractivity contribution >= 4 is 17.3 Å². The first-order valence-electron chi connectivity index (χ1n) is 6.43. The van der Waals surface area contributed by atoms with Crippen molar-refractivity contribution in [2.45, 2.75) is 38.7 Å². The van der Waals surface area contributed by atoms with Crippen LogP contribution in [0, 0.1) is 6.92 Å². The lowest BCUT2D eigenvalue weighted by Crippen LogP contribution is -2.22. The Balaban J connectivity index is 1.82. The van der Waals surface area contributed by atoms with Crippen LogP contribution in [0.2, 0.25) is 0 Å². The number of anilines is 2. The Morgan fingerprint density at radius 2 is 2.17 bits per heavy atom. The smallest absolute Gasteiger partial charge is 0.250 e. The molecule has 0 aromatic heterocycles. The first-order chi connectivity index (χ1) is 8.65. The minimum absolute atomic E-state index is 0.109. The molecule has 1 aromatic rings. The number of benzene rings is 1. The van der Waals surface area contributed by atoms with Crippen molar-refractivity contribution in [2.75, 3.05) is 17.7 Å². The number of rotatable bonds is 4. The van der Waals surface area contributed by atoms with Crippen molar-refractivity contribution in [1.29, 1.82) is 0 Å². The van der Waals surface area contributed by atoms with Gasteiger partial charge in [0.2, 0.25) is 5.91 Å². The van der Waals surface area contributed by atoms with Crippen molar-refractivity contribution in [3.63, 3.8) is 0 Å². The van der Waals surface area contributed by atoms with Gasteiger partial charge in [-0.15, -0.1) is 0 Å². The molecule has 2 rings (SSSR count). The van der Waals surface area contributed by atoms with Crippen LogP contribution in [0.1, 0.15) is 31.2 Å². The Labute approximate surface area is 108 Å². The normalized spacial score (nSPS) is 15.8. The van der Waals surface area contributed by atoms with Gasteiger partial charge in [0.15, 0.2) is 0 Å². The zero-order valence-corrected chi connectivity index (χ0v) is 10.7. The number of amides is 1. The van der Waals surface area contributed by atoms with Gasteiger partial charge >= 0.3 is 0 Å². The Morgan fingerprint density at radius 1 is 1.44 bits per heavy atom. The molecule has 18 heavy (non-hydrogen) atoms. The molecule has 4 heteroatoms. The summed E-state index contributed by atoms with van der Waals surface area (Å²) in [6.45, 7) is 2.07. The highest BCUT2D eigenvalue weighted by molar-refractivity contribution is 5.94. The Kier molecular flexibility index (Phi) is 4.20. The first-order valence-corrected chi connectivity index (χ1v) is 6.43. The Bertz CT molecular complexity index is 426. The molecule has 0 radical (unpaired) electrons. The third-order valence-corrected chi connectivity index (χ3v) is 3.23. The highest BCUT2D eigenvalue weighted by atomic mass is 16.5. The number of carbonyl (C=O) groups excluding carboxylic acids is 1. The molecule has 0 heterocycles. The molecule has 0 saturated heterocycles. The van der Waals surface area contributed by atoms with Crippen LogP contribution in [0.5, 0.6) is 0 Å². The number of nitrogens with two attached hydrogens (primary N) is 1. The highest BCUT2D eigenvalue weighted by Gasteiger charge is 2.16. The molecule has 1 aromatic carbocycles. The summed E-state index contributed by atoms with van der Waals surface area (Å²) in [4.78, 5) is 11.7. The van der Waals surface area contributed by atoms with Gasteiger partial charge in [-0.05, 0) is 37.5 Å². The molecule has 1 aliphatic rings. The lowest BCUT2D eigenvalue weighted by Gasteiger charge is -2.12.